The van der Waals surface area contributed by atoms with Crippen LogP contribution in [0.15, 0.2) is 48.5 Å². The van der Waals surface area contributed by atoms with Crippen LogP contribution in [-0.4, -0.2) is 23.2 Å². The fraction of sp³-hybridized carbons (Fsp3) is 0.0556. The molecule has 0 bridgehead atoms. The number of aromatic nitrogens is 2. The number of anilines is 1. The normalized spacial score (nSPS) is 11.3. The van der Waals surface area contributed by atoms with Gasteiger partial charge in [0.05, 0.1) is 12.1 Å². The second-order valence-corrected chi connectivity index (χ2v) is 6.52. The lowest BCUT2D eigenvalue weighted by Gasteiger charge is -2.01. The average molecular weight is 390 g/mol. The largest absolute Gasteiger partial charge is 0.497 e. The number of rotatable bonds is 5. The number of ether oxygens (including phenoxy) is 1. The summed E-state index contributed by atoms with van der Waals surface area (Å²) in [5.41, 5.74) is 1.33. The first-order valence-electron chi connectivity index (χ1n) is 7.47. The predicted octanol–water partition coefficient (Wildman–Crippen LogP) is 4.68. The number of hydrogen-bond donors (Lipinski definition) is 1. The van der Waals surface area contributed by atoms with Crippen LogP contribution in [0.2, 0.25) is 0 Å². The Morgan fingerprint density at radius 2 is 1.77 bits per heavy atom. The molecule has 0 saturated carbocycles. The lowest BCUT2D eigenvalue weighted by Crippen LogP contribution is -2.11. The zero-order valence-electron chi connectivity index (χ0n) is 13.6. The predicted molar refractivity (Wildman–Crippen MR) is 101 cm³/mol. The van der Waals surface area contributed by atoms with Crippen LogP contribution in [0.3, 0.4) is 0 Å². The fourth-order valence-corrected chi connectivity index (χ4v) is 2.96. The molecule has 2 aromatic carbocycles. The van der Waals surface area contributed by atoms with Gasteiger partial charge in [0, 0.05) is 5.69 Å². The number of amides is 1. The molecule has 5 nitrogen and oxygen atoms in total. The highest BCUT2D eigenvalue weighted by molar-refractivity contribution is 7.15. The summed E-state index contributed by atoms with van der Waals surface area (Å²) < 4.78 is 18.0. The van der Waals surface area contributed by atoms with Gasteiger partial charge >= 0.3 is 0 Å². The Bertz CT molecular complexity index is 940. The zero-order valence-corrected chi connectivity index (χ0v) is 15.1. The van der Waals surface area contributed by atoms with E-state index < -0.39 is 5.91 Å². The molecule has 8 heteroatoms. The molecular weight excluding hydrogens is 377 g/mol. The van der Waals surface area contributed by atoms with E-state index in [0.717, 1.165) is 22.6 Å². The van der Waals surface area contributed by atoms with Crippen molar-refractivity contribution in [3.8, 4) is 5.75 Å². The minimum atomic E-state index is -0.436. The van der Waals surface area contributed by atoms with Gasteiger partial charge in [0.15, 0.2) is 5.01 Å². The number of carbonyl (C=O) groups excluding carboxylic acids is 1. The number of carbonyl (C=O) groups is 1. The molecule has 132 valence electrons. The highest BCUT2D eigenvalue weighted by Gasteiger charge is 2.15. The number of nitrogens with zero attached hydrogens (tertiary/aromatic N) is 2. The van der Waals surface area contributed by atoms with Gasteiger partial charge in [0.1, 0.15) is 11.6 Å². The Morgan fingerprint density at radius 3 is 2.42 bits per heavy atom. The Morgan fingerprint density at radius 1 is 1.12 bits per heavy atom. The molecule has 26 heavy (non-hydrogen) atoms. The second kappa shape index (κ2) is 8.07. The van der Waals surface area contributed by atoms with Crippen LogP contribution >= 0.6 is 22.9 Å². The topological polar surface area (TPSA) is 64.1 Å². The molecule has 0 atom stereocenters. The van der Waals surface area contributed by atoms with E-state index >= 15 is 0 Å². The van der Waals surface area contributed by atoms with Crippen LogP contribution in [0.25, 0.3) is 11.1 Å². The van der Waals surface area contributed by atoms with Gasteiger partial charge in [-0.2, -0.15) is 0 Å². The van der Waals surface area contributed by atoms with Gasteiger partial charge in [-0.15, -0.1) is 10.2 Å². The summed E-state index contributed by atoms with van der Waals surface area (Å²) in [6, 6.07) is 12.8. The van der Waals surface area contributed by atoms with Crippen molar-refractivity contribution in [2.45, 2.75) is 0 Å². The van der Waals surface area contributed by atoms with Crippen LogP contribution in [0.5, 0.6) is 5.75 Å². The lowest BCUT2D eigenvalue weighted by molar-refractivity contribution is 0.102. The van der Waals surface area contributed by atoms with Crippen LogP contribution in [0.4, 0.5) is 10.1 Å². The van der Waals surface area contributed by atoms with Crippen molar-refractivity contribution in [1.29, 1.82) is 0 Å². The third-order valence-electron chi connectivity index (χ3n) is 3.33. The minimum absolute atomic E-state index is 0.158. The Labute approximate surface area is 158 Å². The maximum Gasteiger partial charge on any atom is 0.286 e. The van der Waals surface area contributed by atoms with E-state index in [1.54, 1.807) is 13.2 Å². The first kappa shape index (κ1) is 18.0. The Kier molecular flexibility index (Phi) is 5.60. The van der Waals surface area contributed by atoms with Crippen molar-refractivity contribution < 1.29 is 13.9 Å². The van der Waals surface area contributed by atoms with Crippen LogP contribution in [0, 0.1) is 5.82 Å². The van der Waals surface area contributed by atoms with Crippen molar-refractivity contribution in [3.63, 3.8) is 0 Å². The standard InChI is InChI=1S/C18H13ClFN3O2S/c1-25-14-8-2-11(3-9-14)10-15(19)17-22-23-18(26-17)16(24)21-13-6-4-12(20)5-7-13/h2-10H,1H3,(H,21,24). The summed E-state index contributed by atoms with van der Waals surface area (Å²) in [4.78, 5) is 12.2. The third-order valence-corrected chi connectivity index (χ3v) is 4.69. The van der Waals surface area contributed by atoms with Gasteiger partial charge in [-0.05, 0) is 48.0 Å². The number of benzene rings is 2. The molecule has 0 unspecified atom stereocenters. The molecule has 0 aliphatic rings. The SMILES string of the molecule is COc1ccc(C=C(Cl)c2nnc(C(=O)Nc3ccc(F)cc3)s2)cc1. The molecule has 0 aliphatic heterocycles. The first-order valence-corrected chi connectivity index (χ1v) is 8.66. The fourth-order valence-electron chi connectivity index (χ4n) is 2.04. The molecule has 0 aliphatic carbocycles. The molecule has 0 fully saturated rings. The van der Waals surface area contributed by atoms with Crippen LogP contribution in [-0.2, 0) is 0 Å². The van der Waals surface area contributed by atoms with Crippen molar-refractivity contribution in [1.82, 2.24) is 10.2 Å². The van der Waals surface area contributed by atoms with Crippen molar-refractivity contribution in [3.05, 3.63) is 69.9 Å². The van der Waals surface area contributed by atoms with Crippen molar-refractivity contribution in [2.24, 2.45) is 0 Å². The molecule has 1 amide bonds. The van der Waals surface area contributed by atoms with E-state index in [2.05, 4.69) is 15.5 Å². The molecule has 1 N–H and O–H groups in total. The number of halogens is 2. The minimum Gasteiger partial charge on any atom is -0.497 e. The van der Waals surface area contributed by atoms with Gasteiger partial charge in [-0.1, -0.05) is 35.1 Å². The van der Waals surface area contributed by atoms with E-state index in [-0.39, 0.29) is 10.8 Å². The molecule has 0 spiro atoms. The zero-order chi connectivity index (χ0) is 18.5. The van der Waals surface area contributed by atoms with Crippen LogP contribution < -0.4 is 10.1 Å². The maximum absolute atomic E-state index is 12.9. The molecule has 0 radical (unpaired) electrons. The summed E-state index contributed by atoms with van der Waals surface area (Å²) in [6.07, 6.45) is 1.73. The first-order chi connectivity index (χ1) is 12.5. The third kappa shape index (κ3) is 4.44. The number of methoxy groups -OCH3 is 1. The van der Waals surface area contributed by atoms with E-state index in [1.165, 1.54) is 24.3 Å². The lowest BCUT2D eigenvalue weighted by atomic mass is 10.2. The molecule has 1 aromatic heterocycles. The summed E-state index contributed by atoms with van der Waals surface area (Å²) in [5, 5.41) is 11.4. The van der Waals surface area contributed by atoms with Gasteiger partial charge in [0.25, 0.3) is 5.91 Å². The van der Waals surface area contributed by atoms with Gasteiger partial charge in [0.2, 0.25) is 5.01 Å². The smallest absolute Gasteiger partial charge is 0.286 e. The van der Waals surface area contributed by atoms with E-state index in [0.29, 0.717) is 15.7 Å². The number of hydrogen-bond acceptors (Lipinski definition) is 5. The summed E-state index contributed by atoms with van der Waals surface area (Å²) in [5.74, 6) is -0.0696. The molecule has 1 heterocycles. The van der Waals surface area contributed by atoms with Gasteiger partial charge in [-0.25, -0.2) is 4.39 Å². The van der Waals surface area contributed by atoms with Crippen molar-refractivity contribution in [2.75, 3.05) is 12.4 Å². The molecule has 3 rings (SSSR count). The highest BCUT2D eigenvalue weighted by atomic mass is 35.5. The highest BCUT2D eigenvalue weighted by Crippen LogP contribution is 2.26. The Hall–Kier alpha value is -2.77. The second-order valence-electron chi connectivity index (χ2n) is 5.14. The van der Waals surface area contributed by atoms with Crippen LogP contribution in [0.1, 0.15) is 20.4 Å². The van der Waals surface area contributed by atoms with E-state index in [1.807, 2.05) is 24.3 Å². The monoisotopic (exact) mass is 389 g/mol. The summed E-state index contributed by atoms with van der Waals surface area (Å²) in [6.45, 7) is 0. The van der Waals surface area contributed by atoms with E-state index in [9.17, 15) is 9.18 Å². The van der Waals surface area contributed by atoms with Crippen molar-refractivity contribution >= 4 is 45.6 Å². The van der Waals surface area contributed by atoms with Gasteiger partial charge < -0.3 is 10.1 Å². The number of nitrogens with one attached hydrogen (secondary N) is 1. The summed E-state index contributed by atoms with van der Waals surface area (Å²) >= 11 is 7.34. The Balaban J connectivity index is 1.72. The molecule has 0 saturated heterocycles. The maximum atomic E-state index is 12.9. The molecular formula is C18H13ClFN3O2S. The van der Waals surface area contributed by atoms with Gasteiger partial charge in [-0.3, -0.25) is 4.79 Å². The summed E-state index contributed by atoms with van der Waals surface area (Å²) in [7, 11) is 1.59. The average Bonchev–Trinajstić information content (AvgIpc) is 3.15. The quantitative estimate of drug-likeness (QED) is 0.688. The molecule has 3 aromatic rings. The van der Waals surface area contributed by atoms with E-state index in [4.69, 9.17) is 16.3 Å².